The molecule has 0 aliphatic carbocycles. The number of ether oxygens (including phenoxy) is 2. The zero-order valence-electron chi connectivity index (χ0n) is 15.3. The molecule has 0 amide bonds. The number of esters is 2. The standard InChI is InChI=1S/C18H27NO7/c1-4-11(2)16(22)26-14-6-8-19-7-5-13(15(14)19)9-25-17(23)18(24,10-20)12(3)21/h4-5,12,14-15,20-21,24H,6-10H2,1-3H3. The van der Waals surface area contributed by atoms with E-state index in [1.165, 1.54) is 6.92 Å². The molecule has 0 spiro atoms. The van der Waals surface area contributed by atoms with Gasteiger partial charge in [0.15, 0.2) is 0 Å². The molecule has 8 nitrogen and oxygen atoms in total. The molecule has 0 aromatic carbocycles. The van der Waals surface area contributed by atoms with E-state index >= 15 is 0 Å². The SMILES string of the molecule is CC=C(C)C(=O)OC1CCN2CC=C(COC(=O)C(O)(CO)C(C)O)C12. The first-order chi connectivity index (χ1) is 12.2. The van der Waals surface area contributed by atoms with Gasteiger partial charge in [-0.3, -0.25) is 4.90 Å². The van der Waals surface area contributed by atoms with E-state index in [-0.39, 0.29) is 24.7 Å². The summed E-state index contributed by atoms with van der Waals surface area (Å²) in [5.74, 6) is -1.46. The maximum atomic E-state index is 12.0. The van der Waals surface area contributed by atoms with Crippen LogP contribution in [0.3, 0.4) is 0 Å². The molecule has 0 aromatic rings. The highest BCUT2D eigenvalue weighted by Crippen LogP contribution is 2.32. The minimum absolute atomic E-state index is 0.105. The summed E-state index contributed by atoms with van der Waals surface area (Å²) < 4.78 is 10.7. The molecule has 0 saturated carbocycles. The van der Waals surface area contributed by atoms with E-state index in [1.54, 1.807) is 19.9 Å². The van der Waals surface area contributed by atoms with Gasteiger partial charge in [0.05, 0.1) is 18.8 Å². The molecule has 0 radical (unpaired) electrons. The van der Waals surface area contributed by atoms with Gasteiger partial charge in [-0.1, -0.05) is 12.2 Å². The largest absolute Gasteiger partial charge is 0.459 e. The lowest BCUT2D eigenvalue weighted by Gasteiger charge is -2.28. The lowest BCUT2D eigenvalue weighted by atomic mass is 9.99. The van der Waals surface area contributed by atoms with E-state index in [4.69, 9.17) is 9.47 Å². The highest BCUT2D eigenvalue weighted by atomic mass is 16.6. The predicted octanol–water partition coefficient (Wildman–Crippen LogP) is -0.474. The summed E-state index contributed by atoms with van der Waals surface area (Å²) in [6, 6.07) is -0.176. The number of fused-ring (bicyclic) bond motifs is 1. The maximum absolute atomic E-state index is 12.0. The Kier molecular flexibility index (Phi) is 6.57. The smallest absolute Gasteiger partial charge is 0.343 e. The van der Waals surface area contributed by atoms with E-state index in [1.807, 2.05) is 6.08 Å². The number of nitrogens with zero attached hydrogens (tertiary/aromatic N) is 1. The quantitative estimate of drug-likeness (QED) is 0.313. The Morgan fingerprint density at radius 1 is 1.50 bits per heavy atom. The van der Waals surface area contributed by atoms with Gasteiger partial charge in [0.1, 0.15) is 12.7 Å². The summed E-state index contributed by atoms with van der Waals surface area (Å²) >= 11 is 0. The predicted molar refractivity (Wildman–Crippen MR) is 92.0 cm³/mol. The van der Waals surface area contributed by atoms with Crippen LogP contribution in [0.15, 0.2) is 23.3 Å². The fourth-order valence-electron chi connectivity index (χ4n) is 3.12. The van der Waals surface area contributed by atoms with E-state index in [0.29, 0.717) is 18.5 Å². The highest BCUT2D eigenvalue weighted by Gasteiger charge is 2.45. The Bertz CT molecular complexity index is 613. The number of aliphatic hydroxyl groups excluding tert-OH is 2. The number of rotatable bonds is 7. The Labute approximate surface area is 152 Å². The van der Waals surface area contributed by atoms with Crippen LogP contribution in [0.4, 0.5) is 0 Å². The Hall–Kier alpha value is -1.74. The monoisotopic (exact) mass is 369 g/mol. The fourth-order valence-corrected chi connectivity index (χ4v) is 3.12. The minimum atomic E-state index is -2.36. The van der Waals surface area contributed by atoms with E-state index < -0.39 is 24.3 Å². The van der Waals surface area contributed by atoms with Crippen LogP contribution in [0.2, 0.25) is 0 Å². The van der Waals surface area contributed by atoms with Gasteiger partial charge in [-0.25, -0.2) is 9.59 Å². The molecule has 0 aromatic heterocycles. The first kappa shape index (κ1) is 20.6. The van der Waals surface area contributed by atoms with Crippen LogP contribution >= 0.6 is 0 Å². The number of hydrogen-bond acceptors (Lipinski definition) is 8. The molecule has 1 saturated heterocycles. The number of allylic oxidation sites excluding steroid dienone is 1. The molecule has 2 heterocycles. The van der Waals surface area contributed by atoms with Gasteiger partial charge in [0.2, 0.25) is 5.60 Å². The first-order valence-electron chi connectivity index (χ1n) is 8.70. The van der Waals surface area contributed by atoms with Crippen molar-refractivity contribution in [2.75, 3.05) is 26.3 Å². The summed E-state index contributed by atoms with van der Waals surface area (Å²) in [4.78, 5) is 26.2. The highest BCUT2D eigenvalue weighted by molar-refractivity contribution is 5.87. The van der Waals surface area contributed by atoms with Crippen molar-refractivity contribution in [3.8, 4) is 0 Å². The third-order valence-corrected chi connectivity index (χ3v) is 5.08. The van der Waals surface area contributed by atoms with Gasteiger partial charge in [-0.05, 0) is 32.8 Å². The molecule has 3 N–H and O–H groups in total. The normalized spacial score (nSPS) is 26.7. The van der Waals surface area contributed by atoms with Gasteiger partial charge in [0, 0.05) is 18.7 Å². The van der Waals surface area contributed by atoms with Crippen molar-refractivity contribution in [1.82, 2.24) is 4.90 Å². The van der Waals surface area contributed by atoms with Crippen LogP contribution in [0.5, 0.6) is 0 Å². The van der Waals surface area contributed by atoms with Gasteiger partial charge >= 0.3 is 11.9 Å². The molecule has 2 aliphatic heterocycles. The maximum Gasteiger partial charge on any atom is 0.343 e. The van der Waals surface area contributed by atoms with Crippen molar-refractivity contribution in [2.24, 2.45) is 0 Å². The van der Waals surface area contributed by atoms with Crippen LogP contribution in [-0.4, -0.2) is 82.3 Å². The van der Waals surface area contributed by atoms with E-state index in [2.05, 4.69) is 4.90 Å². The summed E-state index contributed by atoms with van der Waals surface area (Å²) in [5, 5.41) is 28.7. The van der Waals surface area contributed by atoms with Gasteiger partial charge in [-0.15, -0.1) is 0 Å². The molecule has 8 heteroatoms. The molecule has 26 heavy (non-hydrogen) atoms. The third-order valence-electron chi connectivity index (χ3n) is 5.08. The molecular formula is C18H27NO7. The molecule has 0 bridgehead atoms. The lowest BCUT2D eigenvalue weighted by molar-refractivity contribution is -0.182. The van der Waals surface area contributed by atoms with Gasteiger partial charge in [-0.2, -0.15) is 0 Å². The number of hydrogen-bond donors (Lipinski definition) is 3. The number of carbonyl (C=O) groups is 2. The molecule has 4 unspecified atom stereocenters. The van der Waals surface area contributed by atoms with Crippen molar-refractivity contribution in [3.63, 3.8) is 0 Å². The lowest BCUT2D eigenvalue weighted by Crippen LogP contribution is -2.52. The molecule has 4 atom stereocenters. The molecule has 146 valence electrons. The van der Waals surface area contributed by atoms with Crippen molar-refractivity contribution < 1.29 is 34.4 Å². The summed E-state index contributed by atoms with van der Waals surface area (Å²) in [6.07, 6.45) is 2.47. The molecule has 1 fully saturated rings. The van der Waals surface area contributed by atoms with Crippen molar-refractivity contribution in [2.45, 2.75) is 51.0 Å². The average molecular weight is 369 g/mol. The fraction of sp³-hybridized carbons (Fsp3) is 0.667. The van der Waals surface area contributed by atoms with Crippen LogP contribution < -0.4 is 0 Å². The first-order valence-corrected chi connectivity index (χ1v) is 8.70. The molecular weight excluding hydrogens is 342 g/mol. The molecule has 2 aliphatic rings. The number of aliphatic hydroxyl groups is 3. The van der Waals surface area contributed by atoms with Crippen LogP contribution in [0.1, 0.15) is 27.2 Å². The number of carbonyl (C=O) groups excluding carboxylic acids is 2. The minimum Gasteiger partial charge on any atom is -0.459 e. The topological polar surface area (TPSA) is 117 Å². The van der Waals surface area contributed by atoms with Crippen molar-refractivity contribution >= 4 is 11.9 Å². The average Bonchev–Trinajstić information content (AvgIpc) is 3.20. The van der Waals surface area contributed by atoms with Gasteiger partial charge in [0.25, 0.3) is 0 Å². The van der Waals surface area contributed by atoms with Crippen LogP contribution in [0, 0.1) is 0 Å². The van der Waals surface area contributed by atoms with Crippen molar-refractivity contribution in [1.29, 1.82) is 0 Å². The Balaban J connectivity index is 2.00. The summed E-state index contributed by atoms with van der Waals surface area (Å²) in [5.41, 5.74) is -1.05. The second kappa shape index (κ2) is 8.30. The van der Waals surface area contributed by atoms with Gasteiger partial charge < -0.3 is 24.8 Å². The Morgan fingerprint density at radius 3 is 2.77 bits per heavy atom. The van der Waals surface area contributed by atoms with E-state index in [9.17, 15) is 24.9 Å². The molecule has 2 rings (SSSR count). The van der Waals surface area contributed by atoms with Crippen LogP contribution in [0.25, 0.3) is 0 Å². The summed E-state index contributed by atoms with van der Waals surface area (Å²) in [7, 11) is 0. The Morgan fingerprint density at radius 2 is 2.19 bits per heavy atom. The second-order valence-electron chi connectivity index (χ2n) is 6.76. The second-order valence-corrected chi connectivity index (χ2v) is 6.76. The van der Waals surface area contributed by atoms with E-state index in [0.717, 1.165) is 12.1 Å². The van der Waals surface area contributed by atoms with Crippen LogP contribution in [-0.2, 0) is 19.1 Å². The van der Waals surface area contributed by atoms with Crippen molar-refractivity contribution in [3.05, 3.63) is 23.3 Å². The zero-order chi connectivity index (χ0) is 19.5. The summed E-state index contributed by atoms with van der Waals surface area (Å²) in [6.45, 7) is 5.03. The third kappa shape index (κ3) is 3.98. The zero-order valence-corrected chi connectivity index (χ0v) is 15.3.